The summed E-state index contributed by atoms with van der Waals surface area (Å²) in [5, 5.41) is 13.8. The van der Waals surface area contributed by atoms with Crippen LogP contribution in [0.2, 0.25) is 0 Å². The van der Waals surface area contributed by atoms with Crippen LogP contribution in [0.4, 0.5) is 5.82 Å². The summed E-state index contributed by atoms with van der Waals surface area (Å²) < 4.78 is 11.3. The van der Waals surface area contributed by atoms with Crippen LogP contribution in [-0.2, 0) is 9.47 Å². The van der Waals surface area contributed by atoms with Crippen LogP contribution in [0.5, 0.6) is 0 Å². The van der Waals surface area contributed by atoms with Crippen LogP contribution in [0.1, 0.15) is 42.5 Å². The Balaban J connectivity index is 1.72. The summed E-state index contributed by atoms with van der Waals surface area (Å²) in [5.74, 6) is 0.262. The molecular weight excluding hydrogens is 426 g/mol. The molecule has 1 saturated carbocycles. The van der Waals surface area contributed by atoms with Crippen LogP contribution in [0.15, 0.2) is 16.7 Å². The number of carbonyl (C=O) groups excluding carboxylic acids is 1. The highest BCUT2D eigenvalue weighted by Gasteiger charge is 2.35. The molecule has 1 saturated heterocycles. The summed E-state index contributed by atoms with van der Waals surface area (Å²) in [7, 11) is 3.15. The Labute approximate surface area is 174 Å². The van der Waals surface area contributed by atoms with Gasteiger partial charge in [-0.15, -0.1) is 0 Å². The van der Waals surface area contributed by atoms with Gasteiger partial charge >= 0.3 is 5.97 Å². The standard InChI is InChI=1S/C20H30BrN3O4/c1-27-18-6-4-3-5-17(18)23-16-7-8-24(11-13(16)12-25)19-15(20(26)28-2)9-14(21)10-22-19/h9-10,13,16-18,23,25H,3-8,11-12H2,1-2H3. The van der Waals surface area contributed by atoms with Gasteiger partial charge < -0.3 is 24.8 Å². The van der Waals surface area contributed by atoms with E-state index in [2.05, 4.69) is 31.1 Å². The van der Waals surface area contributed by atoms with Crippen molar-refractivity contribution < 1.29 is 19.4 Å². The predicted molar refractivity (Wildman–Crippen MR) is 111 cm³/mol. The third kappa shape index (κ3) is 4.84. The third-order valence-electron chi connectivity index (χ3n) is 5.94. The van der Waals surface area contributed by atoms with Gasteiger partial charge in [0.15, 0.2) is 0 Å². The number of methoxy groups -OCH3 is 2. The maximum absolute atomic E-state index is 12.2. The van der Waals surface area contributed by atoms with Crippen LogP contribution >= 0.6 is 15.9 Å². The van der Waals surface area contributed by atoms with Gasteiger partial charge in [0.1, 0.15) is 11.4 Å². The number of hydrogen-bond acceptors (Lipinski definition) is 7. The molecule has 0 aromatic carbocycles. The highest BCUT2D eigenvalue weighted by Crippen LogP contribution is 2.29. The normalized spacial score (nSPS) is 28.2. The minimum atomic E-state index is -0.408. The average Bonchev–Trinajstić information content (AvgIpc) is 2.73. The molecule has 4 atom stereocenters. The van der Waals surface area contributed by atoms with Gasteiger partial charge in [0, 0.05) is 55.5 Å². The zero-order valence-electron chi connectivity index (χ0n) is 16.6. The summed E-state index contributed by atoms with van der Waals surface area (Å²) in [4.78, 5) is 18.7. The monoisotopic (exact) mass is 455 g/mol. The Morgan fingerprint density at radius 2 is 2.11 bits per heavy atom. The number of hydrogen-bond donors (Lipinski definition) is 2. The second kappa shape index (κ2) is 10.0. The van der Waals surface area contributed by atoms with Crippen LogP contribution in [-0.4, -0.2) is 68.2 Å². The Hall–Kier alpha value is -1.22. The van der Waals surface area contributed by atoms with E-state index >= 15 is 0 Å². The highest BCUT2D eigenvalue weighted by molar-refractivity contribution is 9.10. The number of aromatic nitrogens is 1. The van der Waals surface area contributed by atoms with Crippen LogP contribution in [0.3, 0.4) is 0 Å². The largest absolute Gasteiger partial charge is 0.465 e. The summed E-state index contributed by atoms with van der Waals surface area (Å²) in [6.07, 6.45) is 7.42. The molecule has 7 nitrogen and oxygen atoms in total. The molecule has 0 bridgehead atoms. The van der Waals surface area contributed by atoms with Gasteiger partial charge in [-0.1, -0.05) is 12.8 Å². The number of nitrogens with zero attached hydrogens (tertiary/aromatic N) is 2. The van der Waals surface area contributed by atoms with E-state index in [9.17, 15) is 9.90 Å². The number of anilines is 1. The van der Waals surface area contributed by atoms with Crippen LogP contribution in [0.25, 0.3) is 0 Å². The lowest BCUT2D eigenvalue weighted by Crippen LogP contribution is -2.56. The number of rotatable bonds is 6. The number of aliphatic hydroxyl groups excluding tert-OH is 1. The van der Waals surface area contributed by atoms with E-state index in [0.29, 0.717) is 24.0 Å². The van der Waals surface area contributed by atoms with Crippen LogP contribution in [0, 0.1) is 5.92 Å². The van der Waals surface area contributed by atoms with E-state index in [1.165, 1.54) is 20.0 Å². The fourth-order valence-electron chi connectivity index (χ4n) is 4.42. The molecule has 0 radical (unpaired) electrons. The molecule has 1 aromatic rings. The smallest absolute Gasteiger partial charge is 0.341 e. The number of esters is 1. The molecule has 3 rings (SSSR count). The van der Waals surface area contributed by atoms with Crippen molar-refractivity contribution in [2.24, 2.45) is 5.92 Å². The van der Waals surface area contributed by atoms with E-state index < -0.39 is 5.97 Å². The Bertz CT molecular complexity index is 675. The zero-order valence-corrected chi connectivity index (χ0v) is 18.2. The first-order chi connectivity index (χ1) is 13.6. The Morgan fingerprint density at radius 3 is 2.82 bits per heavy atom. The van der Waals surface area contributed by atoms with Gasteiger partial charge in [0.05, 0.1) is 13.2 Å². The van der Waals surface area contributed by atoms with Crippen molar-refractivity contribution in [2.45, 2.75) is 50.3 Å². The zero-order chi connectivity index (χ0) is 20.1. The number of nitrogens with one attached hydrogen (secondary N) is 1. The van der Waals surface area contributed by atoms with E-state index in [1.54, 1.807) is 19.4 Å². The summed E-state index contributed by atoms with van der Waals surface area (Å²) in [6.45, 7) is 1.48. The predicted octanol–water partition coefficient (Wildman–Crippen LogP) is 2.37. The van der Waals surface area contributed by atoms with Crippen molar-refractivity contribution in [3.05, 3.63) is 22.3 Å². The maximum atomic E-state index is 12.2. The number of piperidine rings is 1. The minimum Gasteiger partial charge on any atom is -0.465 e. The average molecular weight is 456 g/mol. The first-order valence-corrected chi connectivity index (χ1v) is 10.7. The molecule has 1 aliphatic carbocycles. The highest BCUT2D eigenvalue weighted by atomic mass is 79.9. The molecule has 156 valence electrons. The maximum Gasteiger partial charge on any atom is 0.341 e. The van der Waals surface area contributed by atoms with Gasteiger partial charge in [-0.2, -0.15) is 0 Å². The summed E-state index contributed by atoms with van der Waals surface area (Å²) >= 11 is 3.37. The molecule has 0 amide bonds. The SMILES string of the molecule is COC(=O)c1cc(Br)cnc1N1CCC(NC2CCCCC2OC)C(CO)C1. The van der Waals surface area contributed by atoms with Gasteiger partial charge in [-0.25, -0.2) is 9.78 Å². The molecule has 0 spiro atoms. The van der Waals surface area contributed by atoms with Crippen molar-refractivity contribution in [3.63, 3.8) is 0 Å². The van der Waals surface area contributed by atoms with Crippen molar-refractivity contribution in [1.29, 1.82) is 0 Å². The molecule has 2 fully saturated rings. The van der Waals surface area contributed by atoms with Crippen LogP contribution < -0.4 is 10.2 Å². The molecule has 1 aromatic heterocycles. The van der Waals surface area contributed by atoms with Crippen molar-refractivity contribution in [2.75, 3.05) is 38.8 Å². The second-order valence-corrected chi connectivity index (χ2v) is 8.55. The van der Waals surface area contributed by atoms with Crippen molar-refractivity contribution in [1.82, 2.24) is 10.3 Å². The quantitative estimate of drug-likeness (QED) is 0.636. The molecule has 2 heterocycles. The third-order valence-corrected chi connectivity index (χ3v) is 6.37. The topological polar surface area (TPSA) is 83.9 Å². The number of pyridine rings is 1. The number of halogens is 1. The molecular formula is C20H30BrN3O4. The summed E-state index contributed by atoms with van der Waals surface area (Å²) in [6, 6.07) is 2.29. The number of aliphatic hydroxyl groups is 1. The van der Waals surface area contributed by atoms with E-state index in [0.717, 1.165) is 30.3 Å². The lowest BCUT2D eigenvalue weighted by Gasteiger charge is -2.42. The molecule has 1 aliphatic heterocycles. The first-order valence-electron chi connectivity index (χ1n) is 9.95. The minimum absolute atomic E-state index is 0.0594. The van der Waals surface area contributed by atoms with E-state index in [1.807, 2.05) is 0 Å². The molecule has 28 heavy (non-hydrogen) atoms. The van der Waals surface area contributed by atoms with Gasteiger partial charge in [-0.3, -0.25) is 0 Å². The molecule has 4 unspecified atom stereocenters. The molecule has 2 aliphatic rings. The fraction of sp³-hybridized carbons (Fsp3) is 0.700. The fourth-order valence-corrected chi connectivity index (χ4v) is 4.75. The lowest BCUT2D eigenvalue weighted by molar-refractivity contribution is 0.0303. The second-order valence-electron chi connectivity index (χ2n) is 7.63. The first kappa shape index (κ1) is 21.5. The lowest BCUT2D eigenvalue weighted by atomic mass is 9.87. The summed E-state index contributed by atoms with van der Waals surface area (Å²) in [5.41, 5.74) is 0.437. The number of carbonyl (C=O) groups is 1. The van der Waals surface area contributed by atoms with Crippen molar-refractivity contribution in [3.8, 4) is 0 Å². The Morgan fingerprint density at radius 1 is 1.32 bits per heavy atom. The van der Waals surface area contributed by atoms with Gasteiger partial charge in [-0.05, 0) is 41.3 Å². The van der Waals surface area contributed by atoms with E-state index in [-0.39, 0.29) is 24.7 Å². The molecule has 2 N–H and O–H groups in total. The van der Waals surface area contributed by atoms with E-state index in [4.69, 9.17) is 9.47 Å². The number of ether oxygens (including phenoxy) is 2. The van der Waals surface area contributed by atoms with Crippen molar-refractivity contribution >= 4 is 27.7 Å². The molecule has 8 heteroatoms. The van der Waals surface area contributed by atoms with Gasteiger partial charge in [0.2, 0.25) is 0 Å². The van der Waals surface area contributed by atoms with Gasteiger partial charge in [0.25, 0.3) is 0 Å². The Kier molecular flexibility index (Phi) is 7.68.